The lowest BCUT2D eigenvalue weighted by molar-refractivity contribution is 0.133. The highest BCUT2D eigenvalue weighted by Crippen LogP contribution is 2.34. The molecule has 1 saturated carbocycles. The van der Waals surface area contributed by atoms with Crippen LogP contribution in [0.5, 0.6) is 0 Å². The highest BCUT2D eigenvalue weighted by Gasteiger charge is 2.32. The van der Waals surface area contributed by atoms with Crippen LogP contribution in [0.1, 0.15) is 38.4 Å². The molecule has 148 valence electrons. The number of rotatable bonds is 3. The van der Waals surface area contributed by atoms with E-state index in [-0.39, 0.29) is 17.1 Å². The van der Waals surface area contributed by atoms with Crippen LogP contribution in [0.2, 0.25) is 0 Å². The van der Waals surface area contributed by atoms with E-state index in [0.29, 0.717) is 23.5 Å². The van der Waals surface area contributed by atoms with Crippen molar-refractivity contribution < 1.29 is 5.11 Å². The number of pyridine rings is 1. The van der Waals surface area contributed by atoms with E-state index in [4.69, 9.17) is 5.10 Å². The Balaban J connectivity index is 1.73. The Bertz CT molecular complexity index is 1260. The summed E-state index contributed by atoms with van der Waals surface area (Å²) in [4.78, 5) is 13.2. The van der Waals surface area contributed by atoms with Crippen molar-refractivity contribution in [3.05, 3.63) is 58.6 Å². The lowest BCUT2D eigenvalue weighted by atomic mass is 10.0. The molecule has 1 aromatic carbocycles. The molecule has 29 heavy (non-hydrogen) atoms. The zero-order valence-electron chi connectivity index (χ0n) is 16.5. The zero-order valence-corrected chi connectivity index (χ0v) is 16.5. The topological polar surface area (TPSA) is 85.3 Å². The maximum absolute atomic E-state index is 13.2. The second-order valence-corrected chi connectivity index (χ2v) is 7.95. The summed E-state index contributed by atoms with van der Waals surface area (Å²) in [5.41, 5.74) is 4.22. The summed E-state index contributed by atoms with van der Waals surface area (Å²) in [5.74, 6) is 0.387. The first kappa shape index (κ1) is 18.0. The molecule has 7 nitrogen and oxygen atoms in total. The molecule has 3 aromatic heterocycles. The van der Waals surface area contributed by atoms with Crippen molar-refractivity contribution >= 4 is 16.7 Å². The van der Waals surface area contributed by atoms with Gasteiger partial charge in [0.25, 0.3) is 5.56 Å². The van der Waals surface area contributed by atoms with Crippen molar-refractivity contribution in [2.75, 3.05) is 0 Å². The third-order valence-corrected chi connectivity index (χ3v) is 5.97. The van der Waals surface area contributed by atoms with Crippen LogP contribution in [0, 0.1) is 5.92 Å². The molecule has 0 aliphatic heterocycles. The van der Waals surface area contributed by atoms with Crippen molar-refractivity contribution in [2.45, 2.75) is 45.3 Å². The third-order valence-electron chi connectivity index (χ3n) is 5.97. The molecule has 3 atom stereocenters. The maximum atomic E-state index is 13.2. The fourth-order valence-electron chi connectivity index (χ4n) is 4.55. The largest absolute Gasteiger partial charge is 0.391 e. The molecule has 3 unspecified atom stereocenters. The normalized spacial score (nSPS) is 22.0. The molecule has 0 spiro atoms. The Morgan fingerprint density at radius 3 is 2.62 bits per heavy atom. The molecule has 1 aliphatic carbocycles. The van der Waals surface area contributed by atoms with Crippen LogP contribution < -0.4 is 5.56 Å². The monoisotopic (exact) mass is 389 g/mol. The van der Waals surface area contributed by atoms with Gasteiger partial charge in [-0.25, -0.2) is 4.52 Å². The van der Waals surface area contributed by atoms with E-state index in [0.717, 1.165) is 29.7 Å². The molecule has 1 fully saturated rings. The number of hydrogen-bond donors (Lipinski definition) is 1. The number of aromatic nitrogens is 5. The summed E-state index contributed by atoms with van der Waals surface area (Å²) in [6.07, 6.45) is 3.48. The number of aliphatic hydroxyl groups excluding tert-OH is 1. The van der Waals surface area contributed by atoms with Gasteiger partial charge >= 0.3 is 0 Å². The van der Waals surface area contributed by atoms with Gasteiger partial charge in [-0.15, -0.1) is 10.2 Å². The SMILES string of the molecule is CCc1nn2c(nnc3c(=O)n(C4CC(C)CC4O)ccc32)c1-c1ccccc1. The van der Waals surface area contributed by atoms with Crippen molar-refractivity contribution in [1.82, 2.24) is 24.4 Å². The van der Waals surface area contributed by atoms with Crippen LogP contribution >= 0.6 is 0 Å². The Morgan fingerprint density at radius 2 is 1.93 bits per heavy atom. The van der Waals surface area contributed by atoms with Crippen molar-refractivity contribution in [3.63, 3.8) is 0 Å². The molecule has 1 N–H and O–H groups in total. The van der Waals surface area contributed by atoms with Gasteiger partial charge in [-0.2, -0.15) is 5.10 Å². The van der Waals surface area contributed by atoms with Crippen LogP contribution in [0.3, 0.4) is 0 Å². The van der Waals surface area contributed by atoms with E-state index in [1.165, 1.54) is 0 Å². The minimum Gasteiger partial charge on any atom is -0.391 e. The number of fused-ring (bicyclic) bond motifs is 3. The molecule has 0 bridgehead atoms. The summed E-state index contributed by atoms with van der Waals surface area (Å²) >= 11 is 0. The summed E-state index contributed by atoms with van der Waals surface area (Å²) in [6.45, 7) is 4.15. The Labute approximate surface area is 167 Å². The van der Waals surface area contributed by atoms with E-state index in [9.17, 15) is 9.90 Å². The molecular weight excluding hydrogens is 366 g/mol. The van der Waals surface area contributed by atoms with Crippen LogP contribution in [0.15, 0.2) is 47.4 Å². The summed E-state index contributed by atoms with van der Waals surface area (Å²) in [7, 11) is 0. The van der Waals surface area contributed by atoms with E-state index < -0.39 is 6.10 Å². The van der Waals surface area contributed by atoms with Gasteiger partial charge in [0, 0.05) is 6.20 Å². The molecule has 5 rings (SSSR count). The number of aryl methyl sites for hydroxylation is 1. The standard InChI is InChI=1S/C22H23N5O2/c1-3-15-19(14-7-5-4-6-8-14)21-24-23-20-16(27(21)25-15)9-10-26(22(20)29)17-11-13(2)12-18(17)28/h4-10,13,17-18,28H,3,11-12H2,1-2H3. The van der Waals surface area contributed by atoms with E-state index in [1.807, 2.05) is 36.4 Å². The quantitative estimate of drug-likeness (QED) is 0.582. The molecule has 0 amide bonds. The van der Waals surface area contributed by atoms with Crippen LogP contribution in [-0.4, -0.2) is 35.6 Å². The summed E-state index contributed by atoms with van der Waals surface area (Å²) in [6, 6.07) is 11.6. The highest BCUT2D eigenvalue weighted by atomic mass is 16.3. The van der Waals surface area contributed by atoms with Crippen molar-refractivity contribution in [3.8, 4) is 11.1 Å². The van der Waals surface area contributed by atoms with E-state index >= 15 is 0 Å². The molecule has 7 heteroatoms. The van der Waals surface area contributed by atoms with E-state index in [2.05, 4.69) is 24.0 Å². The molecule has 3 heterocycles. The maximum Gasteiger partial charge on any atom is 0.280 e. The number of benzene rings is 1. The molecule has 4 aromatic rings. The van der Waals surface area contributed by atoms with Gasteiger partial charge in [-0.1, -0.05) is 44.2 Å². The number of hydrogen-bond acceptors (Lipinski definition) is 5. The van der Waals surface area contributed by atoms with Crippen LogP contribution in [0.25, 0.3) is 27.8 Å². The Morgan fingerprint density at radius 1 is 1.14 bits per heavy atom. The van der Waals surface area contributed by atoms with Gasteiger partial charge in [0.15, 0.2) is 11.2 Å². The first-order valence-corrected chi connectivity index (χ1v) is 10.1. The molecule has 0 radical (unpaired) electrons. The minimum absolute atomic E-state index is 0.219. The van der Waals surface area contributed by atoms with Gasteiger partial charge in [-0.3, -0.25) is 4.79 Å². The predicted octanol–water partition coefficient (Wildman–Crippen LogP) is 3.00. The highest BCUT2D eigenvalue weighted by molar-refractivity contribution is 5.84. The lowest BCUT2D eigenvalue weighted by Crippen LogP contribution is -2.29. The first-order chi connectivity index (χ1) is 14.1. The van der Waals surface area contributed by atoms with E-state index in [1.54, 1.807) is 15.3 Å². The smallest absolute Gasteiger partial charge is 0.280 e. The number of nitrogens with zero attached hydrogens (tertiary/aromatic N) is 5. The van der Waals surface area contributed by atoms with Gasteiger partial charge in [0.2, 0.25) is 0 Å². The second-order valence-electron chi connectivity index (χ2n) is 7.95. The first-order valence-electron chi connectivity index (χ1n) is 10.1. The van der Waals surface area contributed by atoms with Gasteiger partial charge in [-0.05, 0) is 36.8 Å². The van der Waals surface area contributed by atoms with Crippen molar-refractivity contribution in [2.24, 2.45) is 5.92 Å². The lowest BCUT2D eigenvalue weighted by Gasteiger charge is -2.18. The number of aliphatic hydroxyl groups is 1. The summed E-state index contributed by atoms with van der Waals surface area (Å²) in [5, 5.41) is 23.8. The molecule has 0 saturated heterocycles. The molecule has 1 aliphatic rings. The van der Waals surface area contributed by atoms with Crippen LogP contribution in [-0.2, 0) is 6.42 Å². The zero-order chi connectivity index (χ0) is 20.1. The van der Waals surface area contributed by atoms with Gasteiger partial charge in [0.1, 0.15) is 5.52 Å². The summed E-state index contributed by atoms with van der Waals surface area (Å²) < 4.78 is 3.34. The average molecular weight is 389 g/mol. The fraction of sp³-hybridized carbons (Fsp3) is 0.364. The van der Waals surface area contributed by atoms with Gasteiger partial charge in [0.05, 0.1) is 23.4 Å². The minimum atomic E-state index is -0.516. The van der Waals surface area contributed by atoms with Crippen molar-refractivity contribution in [1.29, 1.82) is 0 Å². The average Bonchev–Trinajstić information content (AvgIpc) is 3.28. The van der Waals surface area contributed by atoms with Gasteiger partial charge < -0.3 is 9.67 Å². The molecular formula is C22H23N5O2. The fourth-order valence-corrected chi connectivity index (χ4v) is 4.55. The van der Waals surface area contributed by atoms with Crippen LogP contribution in [0.4, 0.5) is 0 Å². The second kappa shape index (κ2) is 6.77. The predicted molar refractivity (Wildman–Crippen MR) is 111 cm³/mol. The third kappa shape index (κ3) is 2.76. The Hall–Kier alpha value is -3.06. The Kier molecular flexibility index (Phi) is 4.20.